The highest BCUT2D eigenvalue weighted by molar-refractivity contribution is 5.33. The van der Waals surface area contributed by atoms with Crippen LogP contribution in [0.1, 0.15) is 24.0 Å². The Kier molecular flexibility index (Phi) is 7.35. The Morgan fingerprint density at radius 3 is 2.45 bits per heavy atom. The lowest BCUT2D eigenvalue weighted by Gasteiger charge is -2.30. The number of rotatable bonds is 8. The molecule has 0 aliphatic carbocycles. The summed E-state index contributed by atoms with van der Waals surface area (Å²) in [6.45, 7) is 2.54. The lowest BCUT2D eigenvalue weighted by atomic mass is 9.97. The first-order chi connectivity index (χ1) is 14.0. The molecule has 158 valence electrons. The summed E-state index contributed by atoms with van der Waals surface area (Å²) in [5, 5.41) is 0. The van der Waals surface area contributed by atoms with Crippen molar-refractivity contribution < 1.29 is 36.9 Å². The maximum absolute atomic E-state index is 14.4. The zero-order chi connectivity index (χ0) is 20.8. The van der Waals surface area contributed by atoms with Gasteiger partial charge in [-0.2, -0.15) is 0 Å². The van der Waals surface area contributed by atoms with E-state index in [9.17, 15) is 13.2 Å². The molecule has 0 bridgehead atoms. The number of hydrogen-bond acceptors (Lipinski definition) is 5. The average Bonchev–Trinajstić information content (AvgIpc) is 2.74. The zero-order valence-corrected chi connectivity index (χ0v) is 16.3. The van der Waals surface area contributed by atoms with Crippen LogP contribution in [-0.2, 0) is 20.8 Å². The second-order valence-electron chi connectivity index (χ2n) is 6.48. The lowest BCUT2D eigenvalue weighted by Crippen LogP contribution is -2.35. The molecule has 0 saturated carbocycles. The van der Waals surface area contributed by atoms with E-state index in [0.717, 1.165) is 0 Å². The van der Waals surface area contributed by atoms with Crippen molar-refractivity contribution in [1.82, 2.24) is 0 Å². The van der Waals surface area contributed by atoms with Gasteiger partial charge in [-0.25, -0.2) is 13.2 Å². The third kappa shape index (κ3) is 5.20. The normalized spacial score (nSPS) is 19.2. The van der Waals surface area contributed by atoms with Crippen LogP contribution in [0.25, 0.3) is 0 Å². The van der Waals surface area contributed by atoms with E-state index in [1.165, 1.54) is 31.4 Å². The largest absolute Gasteiger partial charge is 0.494 e. The van der Waals surface area contributed by atoms with Crippen LogP contribution in [0.5, 0.6) is 11.5 Å². The molecule has 0 amide bonds. The van der Waals surface area contributed by atoms with Crippen LogP contribution in [0, 0.1) is 17.5 Å². The van der Waals surface area contributed by atoms with Crippen molar-refractivity contribution in [3.63, 3.8) is 0 Å². The molecule has 3 rings (SSSR count). The van der Waals surface area contributed by atoms with Gasteiger partial charge in [0.25, 0.3) is 0 Å². The number of benzene rings is 2. The van der Waals surface area contributed by atoms with Gasteiger partial charge in [-0.15, -0.1) is 0 Å². The highest BCUT2D eigenvalue weighted by Crippen LogP contribution is 2.28. The summed E-state index contributed by atoms with van der Waals surface area (Å²) in [5.74, 6) is -2.39. The molecule has 8 heteroatoms. The minimum absolute atomic E-state index is 0.0164. The first kappa shape index (κ1) is 21.4. The summed E-state index contributed by atoms with van der Waals surface area (Å²) in [6, 6.07) is 7.26. The monoisotopic (exact) mass is 412 g/mol. The fourth-order valence-electron chi connectivity index (χ4n) is 2.96. The van der Waals surface area contributed by atoms with E-state index in [4.69, 9.17) is 23.7 Å². The summed E-state index contributed by atoms with van der Waals surface area (Å²) < 4.78 is 68.9. The van der Waals surface area contributed by atoms with E-state index in [1.807, 2.05) is 0 Å². The van der Waals surface area contributed by atoms with Gasteiger partial charge >= 0.3 is 0 Å². The molecule has 29 heavy (non-hydrogen) atoms. The van der Waals surface area contributed by atoms with E-state index in [2.05, 4.69) is 0 Å². The molecule has 1 aliphatic heterocycles. The van der Waals surface area contributed by atoms with Crippen LogP contribution in [0.3, 0.4) is 0 Å². The van der Waals surface area contributed by atoms with E-state index in [-0.39, 0.29) is 43.3 Å². The highest BCUT2D eigenvalue weighted by atomic mass is 19.2. The Labute approximate surface area is 167 Å². The molecule has 2 aromatic carbocycles. The van der Waals surface area contributed by atoms with Crippen molar-refractivity contribution in [2.24, 2.45) is 0 Å². The van der Waals surface area contributed by atoms with Gasteiger partial charge in [0.1, 0.15) is 12.4 Å². The summed E-state index contributed by atoms with van der Waals surface area (Å²) >= 11 is 0. The van der Waals surface area contributed by atoms with Gasteiger partial charge in [0, 0.05) is 24.2 Å². The molecule has 0 radical (unpaired) electrons. The molecule has 5 nitrogen and oxygen atoms in total. The molecule has 1 fully saturated rings. The van der Waals surface area contributed by atoms with Crippen LogP contribution in [0.15, 0.2) is 30.3 Å². The van der Waals surface area contributed by atoms with Crippen LogP contribution in [0.2, 0.25) is 0 Å². The van der Waals surface area contributed by atoms with Gasteiger partial charge in [0.15, 0.2) is 29.5 Å². The van der Waals surface area contributed by atoms with Crippen molar-refractivity contribution in [1.29, 1.82) is 0 Å². The van der Waals surface area contributed by atoms with Gasteiger partial charge in [0.2, 0.25) is 0 Å². The van der Waals surface area contributed by atoms with E-state index in [1.54, 1.807) is 13.0 Å². The van der Waals surface area contributed by atoms with Crippen molar-refractivity contribution >= 4 is 0 Å². The van der Waals surface area contributed by atoms with Gasteiger partial charge in [-0.3, -0.25) is 0 Å². The summed E-state index contributed by atoms with van der Waals surface area (Å²) in [6.07, 6.45) is -0.693. The molecule has 0 spiro atoms. The molecule has 0 N–H and O–H groups in total. The summed E-state index contributed by atoms with van der Waals surface area (Å²) in [7, 11) is 1.38. The molecule has 1 saturated heterocycles. The first-order valence-electron chi connectivity index (χ1n) is 9.27. The second kappa shape index (κ2) is 9.96. The minimum Gasteiger partial charge on any atom is -0.494 e. The smallest absolute Gasteiger partial charge is 0.191 e. The van der Waals surface area contributed by atoms with Gasteiger partial charge < -0.3 is 23.7 Å². The van der Waals surface area contributed by atoms with E-state index >= 15 is 0 Å². The Morgan fingerprint density at radius 1 is 1.03 bits per heavy atom. The standard InChI is InChI=1S/C21H23F3O5/c1-3-26-9-13-4-6-16(21(24)20(13)23)14-10-28-19(29-11-14)12-27-15-5-7-18(25-2)17(22)8-15/h4-8,14,19H,3,9-12H2,1-2H3. The van der Waals surface area contributed by atoms with Crippen molar-refractivity contribution in [3.8, 4) is 11.5 Å². The van der Waals surface area contributed by atoms with E-state index < -0.39 is 29.7 Å². The first-order valence-corrected chi connectivity index (χ1v) is 9.27. The van der Waals surface area contributed by atoms with Gasteiger partial charge in [-0.1, -0.05) is 12.1 Å². The number of halogens is 3. The molecule has 0 unspecified atom stereocenters. The Balaban J connectivity index is 1.54. The molecule has 1 aliphatic rings. The molecular weight excluding hydrogens is 389 g/mol. The van der Waals surface area contributed by atoms with Crippen molar-refractivity contribution in [2.45, 2.75) is 25.7 Å². The molecule has 1 heterocycles. The minimum atomic E-state index is -0.914. The third-order valence-corrected chi connectivity index (χ3v) is 4.57. The van der Waals surface area contributed by atoms with Crippen LogP contribution < -0.4 is 9.47 Å². The summed E-state index contributed by atoms with van der Waals surface area (Å²) in [5.41, 5.74) is 0.364. The Bertz CT molecular complexity index is 822. The zero-order valence-electron chi connectivity index (χ0n) is 16.3. The molecule has 2 aromatic rings. The third-order valence-electron chi connectivity index (χ3n) is 4.57. The fourth-order valence-corrected chi connectivity index (χ4v) is 2.96. The number of methoxy groups -OCH3 is 1. The predicted octanol–water partition coefficient (Wildman–Crippen LogP) is 4.18. The van der Waals surface area contributed by atoms with Crippen molar-refractivity contribution in [3.05, 3.63) is 58.9 Å². The Hall–Kier alpha value is -2.29. The topological polar surface area (TPSA) is 46.2 Å². The van der Waals surface area contributed by atoms with Crippen molar-refractivity contribution in [2.75, 3.05) is 33.5 Å². The van der Waals surface area contributed by atoms with Gasteiger partial charge in [0.05, 0.1) is 26.9 Å². The highest BCUT2D eigenvalue weighted by Gasteiger charge is 2.28. The lowest BCUT2D eigenvalue weighted by molar-refractivity contribution is -0.199. The summed E-state index contributed by atoms with van der Waals surface area (Å²) in [4.78, 5) is 0. The Morgan fingerprint density at radius 2 is 1.79 bits per heavy atom. The van der Waals surface area contributed by atoms with Gasteiger partial charge in [-0.05, 0) is 24.6 Å². The molecule has 0 atom stereocenters. The molecular formula is C21H23F3O5. The van der Waals surface area contributed by atoms with Crippen LogP contribution in [-0.4, -0.2) is 39.8 Å². The van der Waals surface area contributed by atoms with Crippen LogP contribution >= 0.6 is 0 Å². The van der Waals surface area contributed by atoms with Crippen LogP contribution in [0.4, 0.5) is 13.2 Å². The predicted molar refractivity (Wildman–Crippen MR) is 98.6 cm³/mol. The maximum atomic E-state index is 14.4. The average molecular weight is 412 g/mol. The number of ether oxygens (including phenoxy) is 5. The quantitative estimate of drug-likeness (QED) is 0.651. The maximum Gasteiger partial charge on any atom is 0.191 e. The number of hydrogen-bond donors (Lipinski definition) is 0. The SMILES string of the molecule is CCOCc1ccc(C2COC(COc3ccc(OC)c(F)c3)OC2)c(F)c1F. The second-order valence-corrected chi connectivity index (χ2v) is 6.48. The fraction of sp³-hybridized carbons (Fsp3) is 0.429. The molecule has 0 aromatic heterocycles. The van der Waals surface area contributed by atoms with E-state index in [0.29, 0.717) is 12.4 Å².